The summed E-state index contributed by atoms with van der Waals surface area (Å²) < 4.78 is 38.9. The van der Waals surface area contributed by atoms with Crippen LogP contribution in [0.5, 0.6) is 0 Å². The molecule has 20 heavy (non-hydrogen) atoms. The normalized spacial score (nSPS) is 12.9. The quantitative estimate of drug-likeness (QED) is 0.660. The number of carboxylic acid groups (broad SMARTS) is 1. The molecule has 0 bridgehead atoms. The average molecular weight is 369 g/mol. The van der Waals surface area contributed by atoms with Gasteiger partial charge < -0.3 is 10.8 Å². The Hall–Kier alpha value is -1.52. The van der Waals surface area contributed by atoms with Gasteiger partial charge in [-0.15, -0.1) is 0 Å². The third-order valence-electron chi connectivity index (χ3n) is 2.20. The Bertz CT molecular complexity index is 649. The molecule has 1 amide bonds. The molecule has 10 heteroatoms. The van der Waals surface area contributed by atoms with Crippen molar-refractivity contribution in [2.75, 3.05) is 0 Å². The number of aliphatic carboxylic acids is 1. The SMILES string of the molecule is NC(=O)C[C@@H](NS(=O)(=O)c1ccc(Br)c(F)c1)C(=O)O. The number of nitrogens with one attached hydrogen (secondary N) is 1. The molecule has 0 aliphatic heterocycles. The zero-order chi connectivity index (χ0) is 15.5. The third kappa shape index (κ3) is 4.25. The summed E-state index contributed by atoms with van der Waals surface area (Å²) in [6.07, 6.45) is -0.715. The van der Waals surface area contributed by atoms with E-state index >= 15 is 0 Å². The highest BCUT2D eigenvalue weighted by Crippen LogP contribution is 2.19. The summed E-state index contributed by atoms with van der Waals surface area (Å²) in [5, 5.41) is 8.81. The number of rotatable bonds is 6. The topological polar surface area (TPSA) is 127 Å². The first-order chi connectivity index (χ1) is 9.13. The molecule has 0 saturated heterocycles. The highest BCUT2D eigenvalue weighted by Gasteiger charge is 2.27. The van der Waals surface area contributed by atoms with Crippen LogP contribution in [-0.4, -0.2) is 31.4 Å². The number of carboxylic acids is 1. The van der Waals surface area contributed by atoms with Crippen LogP contribution in [0.2, 0.25) is 0 Å². The van der Waals surface area contributed by atoms with Gasteiger partial charge in [-0.1, -0.05) is 0 Å². The zero-order valence-electron chi connectivity index (χ0n) is 9.84. The monoisotopic (exact) mass is 368 g/mol. The number of nitrogens with two attached hydrogens (primary N) is 1. The Labute approximate surface area is 122 Å². The predicted molar refractivity (Wildman–Crippen MR) is 69.7 cm³/mol. The summed E-state index contributed by atoms with van der Waals surface area (Å²) >= 11 is 2.86. The van der Waals surface area contributed by atoms with E-state index in [0.29, 0.717) is 0 Å². The molecule has 0 saturated carbocycles. The summed E-state index contributed by atoms with van der Waals surface area (Å²) in [4.78, 5) is 21.1. The van der Waals surface area contributed by atoms with Crippen LogP contribution in [0, 0.1) is 5.82 Å². The number of amides is 1. The molecule has 1 aromatic rings. The second-order valence-electron chi connectivity index (χ2n) is 3.76. The Morgan fingerprint density at radius 2 is 2.05 bits per heavy atom. The molecule has 1 aromatic carbocycles. The molecule has 1 rings (SSSR count). The Balaban J connectivity index is 3.06. The minimum atomic E-state index is -4.29. The summed E-state index contributed by atoms with van der Waals surface area (Å²) in [6.45, 7) is 0. The molecule has 0 aliphatic carbocycles. The van der Waals surface area contributed by atoms with Crippen LogP contribution in [0.25, 0.3) is 0 Å². The van der Waals surface area contributed by atoms with Gasteiger partial charge in [0.25, 0.3) is 0 Å². The lowest BCUT2D eigenvalue weighted by atomic mass is 10.2. The van der Waals surface area contributed by atoms with Crippen molar-refractivity contribution in [1.29, 1.82) is 0 Å². The van der Waals surface area contributed by atoms with Gasteiger partial charge in [0.15, 0.2) is 0 Å². The van der Waals surface area contributed by atoms with E-state index in [4.69, 9.17) is 10.8 Å². The molecular formula is C10H10BrFN2O5S. The average Bonchev–Trinajstić information content (AvgIpc) is 2.30. The summed E-state index contributed by atoms with van der Waals surface area (Å²) in [6, 6.07) is 1.24. The minimum absolute atomic E-state index is 0.0587. The maximum absolute atomic E-state index is 13.3. The van der Waals surface area contributed by atoms with Crippen molar-refractivity contribution in [3.8, 4) is 0 Å². The van der Waals surface area contributed by atoms with E-state index in [1.807, 2.05) is 0 Å². The highest BCUT2D eigenvalue weighted by atomic mass is 79.9. The number of carbonyl (C=O) groups excluding carboxylic acids is 1. The van der Waals surface area contributed by atoms with E-state index in [9.17, 15) is 22.4 Å². The lowest BCUT2D eigenvalue weighted by molar-refractivity contribution is -0.140. The van der Waals surface area contributed by atoms with Gasteiger partial charge in [-0.25, -0.2) is 12.8 Å². The van der Waals surface area contributed by atoms with Crippen LogP contribution in [0.1, 0.15) is 6.42 Å². The molecule has 0 fully saturated rings. The van der Waals surface area contributed by atoms with Gasteiger partial charge in [-0.3, -0.25) is 9.59 Å². The summed E-state index contributed by atoms with van der Waals surface area (Å²) in [7, 11) is -4.29. The van der Waals surface area contributed by atoms with Crippen molar-refractivity contribution >= 4 is 37.8 Å². The number of carbonyl (C=O) groups is 2. The van der Waals surface area contributed by atoms with Crippen molar-refractivity contribution in [3.05, 3.63) is 28.5 Å². The predicted octanol–water partition coefficient (Wildman–Crippen LogP) is 0.195. The number of sulfonamides is 1. The molecule has 0 unspecified atom stereocenters. The Morgan fingerprint density at radius 3 is 2.50 bits per heavy atom. The number of hydrogen-bond acceptors (Lipinski definition) is 4. The van der Waals surface area contributed by atoms with Crippen molar-refractivity contribution < 1.29 is 27.5 Å². The Morgan fingerprint density at radius 1 is 1.45 bits per heavy atom. The molecule has 0 spiro atoms. The fourth-order valence-electron chi connectivity index (χ4n) is 1.28. The second-order valence-corrected chi connectivity index (χ2v) is 6.33. The smallest absolute Gasteiger partial charge is 0.322 e. The van der Waals surface area contributed by atoms with Crippen LogP contribution in [0.4, 0.5) is 4.39 Å². The van der Waals surface area contributed by atoms with Crippen molar-refractivity contribution in [1.82, 2.24) is 4.72 Å². The lowest BCUT2D eigenvalue weighted by Gasteiger charge is -2.13. The largest absolute Gasteiger partial charge is 0.480 e. The van der Waals surface area contributed by atoms with Crippen LogP contribution < -0.4 is 10.5 Å². The van der Waals surface area contributed by atoms with Gasteiger partial charge in [0, 0.05) is 0 Å². The molecule has 1 atom stereocenters. The molecule has 4 N–H and O–H groups in total. The molecule has 0 radical (unpaired) electrons. The Kier molecular flexibility index (Phi) is 5.20. The number of hydrogen-bond donors (Lipinski definition) is 3. The van der Waals surface area contributed by atoms with E-state index < -0.39 is 45.1 Å². The maximum atomic E-state index is 13.3. The van der Waals surface area contributed by atoms with Crippen LogP contribution in [-0.2, 0) is 19.6 Å². The van der Waals surface area contributed by atoms with Gasteiger partial charge >= 0.3 is 5.97 Å². The van der Waals surface area contributed by atoms with Gasteiger partial charge in [-0.05, 0) is 34.1 Å². The molecule has 0 heterocycles. The fraction of sp³-hybridized carbons (Fsp3) is 0.200. The molecular weight excluding hydrogens is 359 g/mol. The number of halogens is 2. The highest BCUT2D eigenvalue weighted by molar-refractivity contribution is 9.10. The number of primary amides is 1. The summed E-state index contributed by atoms with van der Waals surface area (Å²) in [5.74, 6) is -3.37. The van der Waals surface area contributed by atoms with Crippen molar-refractivity contribution in [3.63, 3.8) is 0 Å². The van der Waals surface area contributed by atoms with E-state index in [1.54, 1.807) is 4.72 Å². The summed E-state index contributed by atoms with van der Waals surface area (Å²) in [5.41, 5.74) is 4.83. The molecule has 110 valence electrons. The van der Waals surface area contributed by atoms with Crippen molar-refractivity contribution in [2.45, 2.75) is 17.4 Å². The van der Waals surface area contributed by atoms with Gasteiger partial charge in [0.05, 0.1) is 15.8 Å². The van der Waals surface area contributed by atoms with Crippen molar-refractivity contribution in [2.24, 2.45) is 5.73 Å². The van der Waals surface area contributed by atoms with E-state index in [2.05, 4.69) is 15.9 Å². The van der Waals surface area contributed by atoms with Gasteiger partial charge in [-0.2, -0.15) is 4.72 Å². The fourth-order valence-corrected chi connectivity index (χ4v) is 2.73. The molecule has 0 aliphatic rings. The number of benzene rings is 1. The zero-order valence-corrected chi connectivity index (χ0v) is 12.2. The maximum Gasteiger partial charge on any atom is 0.322 e. The third-order valence-corrected chi connectivity index (χ3v) is 4.31. The lowest BCUT2D eigenvalue weighted by Crippen LogP contribution is -2.43. The van der Waals surface area contributed by atoms with Gasteiger partial charge in [0.2, 0.25) is 15.9 Å². The standard InChI is InChI=1S/C10H10BrFN2O5S/c11-6-2-1-5(3-7(6)12)20(18,19)14-8(10(16)17)4-9(13)15/h1-3,8,14H,4H2,(H2,13,15)(H,16,17)/t8-/m1/s1. The van der Waals surface area contributed by atoms with Crippen LogP contribution in [0.15, 0.2) is 27.6 Å². The molecule has 0 aromatic heterocycles. The van der Waals surface area contributed by atoms with Crippen LogP contribution in [0.3, 0.4) is 0 Å². The second kappa shape index (κ2) is 6.29. The van der Waals surface area contributed by atoms with E-state index in [0.717, 1.165) is 18.2 Å². The first kappa shape index (κ1) is 16.5. The van der Waals surface area contributed by atoms with E-state index in [-0.39, 0.29) is 4.47 Å². The molecule has 7 nitrogen and oxygen atoms in total. The first-order valence-corrected chi connectivity index (χ1v) is 7.39. The van der Waals surface area contributed by atoms with Crippen LogP contribution >= 0.6 is 15.9 Å². The van der Waals surface area contributed by atoms with Gasteiger partial charge in [0.1, 0.15) is 11.9 Å². The van der Waals surface area contributed by atoms with E-state index in [1.165, 1.54) is 0 Å². The first-order valence-electron chi connectivity index (χ1n) is 5.12. The minimum Gasteiger partial charge on any atom is -0.480 e.